The van der Waals surface area contributed by atoms with E-state index in [2.05, 4.69) is 10.5 Å². The van der Waals surface area contributed by atoms with Crippen molar-refractivity contribution in [2.45, 2.75) is 32.7 Å². The molecule has 13 heavy (non-hydrogen) atoms. The van der Waals surface area contributed by atoms with Crippen LogP contribution in [-0.2, 0) is 9.84 Å². The van der Waals surface area contributed by atoms with Crippen LogP contribution < -0.4 is 5.43 Å². The first-order chi connectivity index (χ1) is 5.99. The molecule has 0 unspecified atom stereocenters. The zero-order valence-electron chi connectivity index (χ0n) is 8.08. The van der Waals surface area contributed by atoms with Gasteiger partial charge in [0.05, 0.1) is 11.5 Å². The Morgan fingerprint density at radius 3 is 2.31 bits per heavy atom. The van der Waals surface area contributed by atoms with Crippen LogP contribution in [0.3, 0.4) is 0 Å². The molecule has 4 nitrogen and oxygen atoms in total. The molecule has 1 N–H and O–H groups in total. The minimum atomic E-state index is -2.74. The maximum absolute atomic E-state index is 11.1. The lowest BCUT2D eigenvalue weighted by molar-refractivity contribution is 0.476. The Morgan fingerprint density at radius 2 is 1.85 bits per heavy atom. The lowest BCUT2D eigenvalue weighted by Gasteiger charge is -2.21. The molecule has 0 aromatic rings. The first-order valence-corrected chi connectivity index (χ1v) is 6.28. The normalized spacial score (nSPS) is 22.3. The van der Waals surface area contributed by atoms with Crippen molar-refractivity contribution in [1.29, 1.82) is 0 Å². The number of nitrogens with zero attached hydrogens (tertiary/aromatic N) is 1. The topological polar surface area (TPSA) is 58.5 Å². The largest absolute Gasteiger partial charge is 0.307 e. The van der Waals surface area contributed by atoms with Gasteiger partial charge < -0.3 is 5.43 Å². The summed E-state index contributed by atoms with van der Waals surface area (Å²) < 4.78 is 22.1. The fourth-order valence-corrected chi connectivity index (χ4v) is 2.73. The summed E-state index contributed by atoms with van der Waals surface area (Å²) in [5, 5.41) is 4.07. The zero-order valence-corrected chi connectivity index (χ0v) is 8.89. The number of sulfone groups is 1. The van der Waals surface area contributed by atoms with Crippen LogP contribution in [0, 0.1) is 0 Å². The predicted molar refractivity (Wildman–Crippen MR) is 53.6 cm³/mol. The van der Waals surface area contributed by atoms with Gasteiger partial charge in [0.15, 0.2) is 0 Å². The molecule has 0 atom stereocenters. The molecule has 0 bridgehead atoms. The van der Waals surface area contributed by atoms with Gasteiger partial charge in [-0.15, -0.1) is 0 Å². The van der Waals surface area contributed by atoms with Crippen molar-refractivity contribution in [1.82, 2.24) is 5.43 Å². The van der Waals surface area contributed by atoms with E-state index in [1.807, 2.05) is 13.8 Å². The van der Waals surface area contributed by atoms with E-state index in [-0.39, 0.29) is 6.04 Å². The van der Waals surface area contributed by atoms with Crippen LogP contribution >= 0.6 is 0 Å². The van der Waals surface area contributed by atoms with E-state index in [1.165, 1.54) is 0 Å². The molecule has 5 heteroatoms. The molecule has 1 aliphatic rings. The Bertz CT molecular complexity index is 277. The molecule has 1 rings (SSSR count). The first kappa shape index (κ1) is 10.5. The van der Waals surface area contributed by atoms with Crippen LogP contribution in [0.5, 0.6) is 0 Å². The second-order valence-corrected chi connectivity index (χ2v) is 5.92. The molecular formula is C8H16N2O2S. The molecule has 0 aromatic carbocycles. The van der Waals surface area contributed by atoms with E-state index in [0.29, 0.717) is 24.3 Å². The van der Waals surface area contributed by atoms with Crippen molar-refractivity contribution in [2.75, 3.05) is 11.5 Å². The van der Waals surface area contributed by atoms with Gasteiger partial charge in [0.25, 0.3) is 0 Å². The first-order valence-electron chi connectivity index (χ1n) is 4.46. The Labute approximate surface area is 79.3 Å². The minimum absolute atomic E-state index is 0.235. The average Bonchev–Trinajstić information content (AvgIpc) is 2.02. The smallest absolute Gasteiger partial charge is 0.150 e. The highest BCUT2D eigenvalue weighted by Crippen LogP contribution is 2.11. The summed E-state index contributed by atoms with van der Waals surface area (Å²) in [5.41, 5.74) is 3.95. The van der Waals surface area contributed by atoms with Crippen molar-refractivity contribution in [2.24, 2.45) is 5.10 Å². The lowest BCUT2D eigenvalue weighted by atomic mass is 10.2. The van der Waals surface area contributed by atoms with Gasteiger partial charge in [0, 0.05) is 11.8 Å². The third-order valence-electron chi connectivity index (χ3n) is 2.03. The highest BCUT2D eigenvalue weighted by molar-refractivity contribution is 7.91. The summed E-state index contributed by atoms with van der Waals surface area (Å²) in [7, 11) is -2.74. The van der Waals surface area contributed by atoms with E-state index in [1.54, 1.807) is 0 Å². The SMILES string of the molecule is CC(C)=NNC1CCS(=O)(=O)CC1. The van der Waals surface area contributed by atoms with Crippen molar-refractivity contribution in [3.63, 3.8) is 0 Å². The Hall–Kier alpha value is -0.580. The van der Waals surface area contributed by atoms with E-state index in [9.17, 15) is 8.42 Å². The van der Waals surface area contributed by atoms with Crippen LogP contribution in [-0.4, -0.2) is 31.7 Å². The lowest BCUT2D eigenvalue weighted by Crippen LogP contribution is -2.35. The number of hydrazone groups is 1. The van der Waals surface area contributed by atoms with Gasteiger partial charge in [-0.1, -0.05) is 0 Å². The quantitative estimate of drug-likeness (QED) is 0.528. The maximum atomic E-state index is 11.1. The molecule has 0 aliphatic carbocycles. The minimum Gasteiger partial charge on any atom is -0.307 e. The summed E-state index contributed by atoms with van der Waals surface area (Å²) in [6.45, 7) is 3.82. The van der Waals surface area contributed by atoms with Gasteiger partial charge in [-0.3, -0.25) is 0 Å². The van der Waals surface area contributed by atoms with E-state index < -0.39 is 9.84 Å². The molecule has 1 fully saturated rings. The van der Waals surface area contributed by atoms with Crippen molar-refractivity contribution >= 4 is 15.5 Å². The second-order valence-electron chi connectivity index (χ2n) is 3.61. The standard InChI is InChI=1S/C8H16N2O2S/c1-7(2)9-10-8-3-5-13(11,12)6-4-8/h8,10H,3-6H2,1-2H3. The van der Waals surface area contributed by atoms with Gasteiger partial charge in [-0.2, -0.15) is 5.10 Å². The molecule has 0 aromatic heterocycles. The fourth-order valence-electron chi connectivity index (χ4n) is 1.24. The van der Waals surface area contributed by atoms with Crippen LogP contribution in [0.15, 0.2) is 5.10 Å². The van der Waals surface area contributed by atoms with E-state index in [4.69, 9.17) is 0 Å². The number of rotatable bonds is 2. The molecule has 0 saturated carbocycles. The second kappa shape index (κ2) is 4.09. The zero-order chi connectivity index (χ0) is 9.90. The Balaban J connectivity index is 2.38. The molecule has 1 saturated heterocycles. The molecule has 1 heterocycles. The Morgan fingerprint density at radius 1 is 1.31 bits per heavy atom. The van der Waals surface area contributed by atoms with Crippen LogP contribution in [0.2, 0.25) is 0 Å². The van der Waals surface area contributed by atoms with Crippen LogP contribution in [0.25, 0.3) is 0 Å². The molecule has 76 valence electrons. The third kappa shape index (κ3) is 3.76. The summed E-state index contributed by atoms with van der Waals surface area (Å²) in [5.74, 6) is 0.589. The van der Waals surface area contributed by atoms with Crippen LogP contribution in [0.4, 0.5) is 0 Å². The van der Waals surface area contributed by atoms with E-state index in [0.717, 1.165) is 5.71 Å². The number of nitrogens with one attached hydrogen (secondary N) is 1. The highest BCUT2D eigenvalue weighted by atomic mass is 32.2. The van der Waals surface area contributed by atoms with Crippen LogP contribution in [0.1, 0.15) is 26.7 Å². The summed E-state index contributed by atoms with van der Waals surface area (Å²) in [6, 6.07) is 0.235. The molecule has 0 spiro atoms. The van der Waals surface area contributed by atoms with Gasteiger partial charge in [-0.25, -0.2) is 8.42 Å². The van der Waals surface area contributed by atoms with E-state index >= 15 is 0 Å². The van der Waals surface area contributed by atoms with Gasteiger partial charge in [-0.05, 0) is 26.7 Å². The van der Waals surface area contributed by atoms with Gasteiger partial charge in [0.1, 0.15) is 9.84 Å². The Kier molecular flexibility index (Phi) is 3.30. The number of hydrogen-bond acceptors (Lipinski definition) is 4. The molecule has 0 amide bonds. The molecular weight excluding hydrogens is 188 g/mol. The third-order valence-corrected chi connectivity index (χ3v) is 3.74. The fraction of sp³-hybridized carbons (Fsp3) is 0.875. The summed E-state index contributed by atoms with van der Waals surface area (Å²) >= 11 is 0. The van der Waals surface area contributed by atoms with Gasteiger partial charge in [0.2, 0.25) is 0 Å². The predicted octanol–water partition coefficient (Wildman–Crippen LogP) is 0.549. The average molecular weight is 204 g/mol. The van der Waals surface area contributed by atoms with Crippen molar-refractivity contribution < 1.29 is 8.42 Å². The van der Waals surface area contributed by atoms with Gasteiger partial charge >= 0.3 is 0 Å². The number of hydrogen-bond donors (Lipinski definition) is 1. The summed E-state index contributed by atoms with van der Waals surface area (Å²) in [4.78, 5) is 0. The van der Waals surface area contributed by atoms with Crippen molar-refractivity contribution in [3.8, 4) is 0 Å². The monoisotopic (exact) mass is 204 g/mol. The highest BCUT2D eigenvalue weighted by Gasteiger charge is 2.22. The van der Waals surface area contributed by atoms with Crippen molar-refractivity contribution in [3.05, 3.63) is 0 Å². The maximum Gasteiger partial charge on any atom is 0.150 e. The molecule has 0 radical (unpaired) electrons. The summed E-state index contributed by atoms with van der Waals surface area (Å²) in [6.07, 6.45) is 1.36. The molecule has 1 aliphatic heterocycles.